The van der Waals surface area contributed by atoms with Crippen LogP contribution in [0.1, 0.15) is 11.8 Å². The van der Waals surface area contributed by atoms with Crippen molar-refractivity contribution in [2.45, 2.75) is 6.92 Å². The molecule has 64 valence electrons. The van der Waals surface area contributed by atoms with Crippen molar-refractivity contribution in [2.24, 2.45) is 10.8 Å². The van der Waals surface area contributed by atoms with Gasteiger partial charge in [0.15, 0.2) is 17.3 Å². The Hall–Kier alpha value is -0.248. The molecule has 1 aromatic heterocycles. The fourth-order valence-corrected chi connectivity index (χ4v) is 1.38. The van der Waals surface area contributed by atoms with Gasteiger partial charge in [-0.3, -0.25) is 5.73 Å². The average Bonchev–Trinajstić information content (AvgIpc) is 2.51. The smallest absolute Gasteiger partial charge is 0.515 e. The van der Waals surface area contributed by atoms with Gasteiger partial charge in [-0.1, -0.05) is 6.07 Å². The standard InChI is InChI=1S/C7H9N3S2.Al/c1-5(9-10-7(8)11)6-3-2-4-12-6;/h2-4H,1H3,(H3,8,10,11);/q;+3. The molecule has 1 heterocycles. The molecular formula is C7H9AlN3S2+3. The van der Waals surface area contributed by atoms with Gasteiger partial charge in [0.2, 0.25) is 0 Å². The van der Waals surface area contributed by atoms with Gasteiger partial charge in [0, 0.05) is 10.6 Å². The zero-order valence-electron chi connectivity index (χ0n) is 7.14. The van der Waals surface area contributed by atoms with Crippen LogP contribution in [-0.2, 0) is 12.2 Å². The van der Waals surface area contributed by atoms with Crippen LogP contribution in [0.5, 0.6) is 0 Å². The molecule has 3 nitrogen and oxygen atoms in total. The van der Waals surface area contributed by atoms with Crippen molar-refractivity contribution in [3.63, 3.8) is 0 Å². The molecule has 1 rings (SSSR count). The minimum absolute atomic E-state index is 0. The van der Waals surface area contributed by atoms with E-state index in [9.17, 15) is 0 Å². The number of nitrogens with zero attached hydrogens (tertiary/aromatic N) is 2. The first-order chi connectivity index (χ1) is 5.70. The second-order valence-corrected chi connectivity index (χ2v) is 3.53. The van der Waals surface area contributed by atoms with Gasteiger partial charge in [-0.25, -0.2) is 0 Å². The van der Waals surface area contributed by atoms with Crippen molar-refractivity contribution in [3.05, 3.63) is 27.8 Å². The van der Waals surface area contributed by atoms with Crippen LogP contribution >= 0.6 is 11.3 Å². The molecule has 0 aliphatic heterocycles. The van der Waals surface area contributed by atoms with Gasteiger partial charge < -0.3 is 10.5 Å². The fourth-order valence-electron chi connectivity index (χ4n) is 0.660. The molecule has 0 spiro atoms. The quantitative estimate of drug-likeness (QED) is 0.199. The molecule has 0 unspecified atom stereocenters. The first-order valence-corrected chi connectivity index (χ1v) is 4.63. The predicted octanol–water partition coefficient (Wildman–Crippen LogP) is 0.790. The first-order valence-electron chi connectivity index (χ1n) is 3.30. The molecule has 0 amide bonds. The molecule has 0 aliphatic carbocycles. The zero-order chi connectivity index (χ0) is 8.97. The third kappa shape index (κ3) is 4.50. The van der Waals surface area contributed by atoms with Gasteiger partial charge in [-0.2, -0.15) is 0 Å². The van der Waals surface area contributed by atoms with E-state index in [1.807, 2.05) is 24.4 Å². The van der Waals surface area contributed by atoms with E-state index >= 15 is 0 Å². The van der Waals surface area contributed by atoms with E-state index < -0.39 is 0 Å². The summed E-state index contributed by atoms with van der Waals surface area (Å²) in [5.74, 6) is 0. The Morgan fingerprint density at radius 3 is 2.85 bits per heavy atom. The van der Waals surface area contributed by atoms with Gasteiger partial charge in [0.05, 0.1) is 0 Å². The summed E-state index contributed by atoms with van der Waals surface area (Å²) in [5, 5.41) is 6.04. The van der Waals surface area contributed by atoms with Crippen LogP contribution in [0.2, 0.25) is 0 Å². The Morgan fingerprint density at radius 1 is 1.69 bits per heavy atom. The number of hydrogen-bond acceptors (Lipinski definition) is 2. The molecule has 0 atom stereocenters. The van der Waals surface area contributed by atoms with Crippen LogP contribution in [0.15, 0.2) is 22.6 Å². The number of rotatable bonds is 2. The summed E-state index contributed by atoms with van der Waals surface area (Å²) in [6.45, 7) is 1.88. The fraction of sp³-hybridized carbons (Fsp3) is 0.143. The van der Waals surface area contributed by atoms with Crippen molar-refractivity contribution in [3.8, 4) is 0 Å². The monoisotopic (exact) mass is 226 g/mol. The largest absolute Gasteiger partial charge is 3.00 e. The summed E-state index contributed by atoms with van der Waals surface area (Å²) >= 11 is 5.41. The number of thiol groups is 1. The van der Waals surface area contributed by atoms with E-state index in [0.717, 1.165) is 10.6 Å². The van der Waals surface area contributed by atoms with Crippen LogP contribution in [0.4, 0.5) is 0 Å². The van der Waals surface area contributed by atoms with E-state index in [1.165, 1.54) is 0 Å². The van der Waals surface area contributed by atoms with E-state index in [2.05, 4.69) is 22.7 Å². The summed E-state index contributed by atoms with van der Waals surface area (Å²) in [4.78, 5) is 1.09. The van der Waals surface area contributed by atoms with Gasteiger partial charge in [-0.05, 0) is 18.4 Å². The summed E-state index contributed by atoms with van der Waals surface area (Å²) in [6.07, 6.45) is 0. The maximum absolute atomic E-state index is 5.20. The van der Waals surface area contributed by atoms with Crippen molar-refractivity contribution >= 4 is 51.7 Å². The van der Waals surface area contributed by atoms with Crippen LogP contribution in [0.3, 0.4) is 0 Å². The molecule has 0 aliphatic rings. The summed E-state index contributed by atoms with van der Waals surface area (Å²) in [5.41, 5.74) is 9.69. The molecule has 0 fully saturated rings. The van der Waals surface area contributed by atoms with Crippen molar-refractivity contribution in [1.82, 2.24) is 0 Å². The first kappa shape index (κ1) is 12.8. The maximum atomic E-state index is 5.20. The van der Waals surface area contributed by atoms with Gasteiger partial charge in [-0.15, -0.1) is 11.3 Å². The van der Waals surface area contributed by atoms with Crippen molar-refractivity contribution < 1.29 is 0 Å². The minimum atomic E-state index is 0. The molecule has 0 saturated heterocycles. The summed E-state index contributed by atoms with van der Waals surface area (Å²) in [6, 6.07) is 3.94. The second-order valence-electron chi connectivity index (χ2n) is 2.12. The molecule has 2 N–H and O–H groups in total. The number of thiophene rings is 1. The number of hydrogen-bond donors (Lipinski definition) is 1. The number of nitrogens with two attached hydrogens (primary N) is 1. The summed E-state index contributed by atoms with van der Waals surface area (Å²) in [7, 11) is 0. The van der Waals surface area contributed by atoms with Crippen molar-refractivity contribution in [2.75, 3.05) is 0 Å². The second kappa shape index (κ2) is 6.24. The Bertz CT molecular complexity index is 295. The molecule has 0 saturated carbocycles. The molecule has 0 aromatic carbocycles. The van der Waals surface area contributed by atoms with E-state index in [4.69, 9.17) is 5.73 Å². The predicted molar refractivity (Wildman–Crippen MR) is 63.6 cm³/mol. The van der Waals surface area contributed by atoms with Gasteiger partial charge >= 0.3 is 17.4 Å². The zero-order valence-corrected chi connectivity index (χ0v) is 10.0. The molecule has 6 heteroatoms. The van der Waals surface area contributed by atoms with E-state index in [0.29, 0.717) is 0 Å². The Labute approximate surface area is 97.2 Å². The van der Waals surface area contributed by atoms with Crippen molar-refractivity contribution in [1.29, 1.82) is 0 Å². The Balaban J connectivity index is 0.00000144. The average molecular weight is 226 g/mol. The Morgan fingerprint density at radius 2 is 2.38 bits per heavy atom. The normalized spacial score (nSPS) is 10.5. The van der Waals surface area contributed by atoms with Gasteiger partial charge in [0.1, 0.15) is 0 Å². The SMILES string of the molecule is CC(=N[N-]C(N)=[SH+])c1cccs1.[Al+3]. The Kier molecular flexibility index (Phi) is 6.12. The topological polar surface area (TPSA) is 52.5 Å². The molecule has 1 aromatic rings. The van der Waals surface area contributed by atoms with E-state index in [1.54, 1.807) is 11.3 Å². The molecule has 13 heavy (non-hydrogen) atoms. The molecular weight excluding hydrogens is 217 g/mol. The molecule has 0 radical (unpaired) electrons. The van der Waals surface area contributed by atoms with E-state index in [-0.39, 0.29) is 22.5 Å². The van der Waals surface area contributed by atoms with Crippen LogP contribution in [-0.4, -0.2) is 28.2 Å². The molecule has 0 bridgehead atoms. The summed E-state index contributed by atoms with van der Waals surface area (Å²) < 4.78 is 0. The van der Waals surface area contributed by atoms with Crippen LogP contribution in [0.25, 0.3) is 5.43 Å². The maximum Gasteiger partial charge on any atom is 3.00 e. The minimum Gasteiger partial charge on any atom is -0.515 e. The third-order valence-electron chi connectivity index (χ3n) is 1.18. The van der Waals surface area contributed by atoms with Crippen LogP contribution < -0.4 is 5.73 Å². The van der Waals surface area contributed by atoms with Gasteiger partial charge in [0.25, 0.3) is 0 Å². The third-order valence-corrected chi connectivity index (χ3v) is 2.25. The van der Waals surface area contributed by atoms with Crippen LogP contribution in [0, 0.1) is 0 Å².